The lowest BCUT2D eigenvalue weighted by molar-refractivity contribution is -0.116. The highest BCUT2D eigenvalue weighted by Crippen LogP contribution is 2.20. The van der Waals surface area contributed by atoms with Crippen LogP contribution in [0.15, 0.2) is 66.9 Å². The first kappa shape index (κ1) is 19.0. The second-order valence-electron chi connectivity index (χ2n) is 6.15. The fourth-order valence-corrected chi connectivity index (χ4v) is 2.56. The van der Waals surface area contributed by atoms with E-state index in [9.17, 15) is 14.0 Å². The molecular formula is C21H19FN4O2. The van der Waals surface area contributed by atoms with Gasteiger partial charge in [-0.3, -0.25) is 9.59 Å². The van der Waals surface area contributed by atoms with Crippen LogP contribution >= 0.6 is 0 Å². The largest absolute Gasteiger partial charge is 0.397 e. The highest BCUT2D eigenvalue weighted by atomic mass is 19.1. The maximum Gasteiger partial charge on any atom is 0.274 e. The van der Waals surface area contributed by atoms with E-state index in [1.165, 1.54) is 24.4 Å². The fraction of sp³-hybridized carbons (Fsp3) is 0.0952. The van der Waals surface area contributed by atoms with E-state index in [1.807, 2.05) is 30.3 Å². The summed E-state index contributed by atoms with van der Waals surface area (Å²) in [6.07, 6.45) is 2.39. The predicted octanol–water partition coefficient (Wildman–Crippen LogP) is 3.63. The van der Waals surface area contributed by atoms with Gasteiger partial charge in [0.05, 0.1) is 23.3 Å². The Morgan fingerprint density at radius 2 is 1.79 bits per heavy atom. The number of hydrogen-bond acceptors (Lipinski definition) is 4. The number of nitrogen functional groups attached to an aromatic ring is 1. The number of pyridine rings is 1. The van der Waals surface area contributed by atoms with Gasteiger partial charge in [-0.25, -0.2) is 9.37 Å². The summed E-state index contributed by atoms with van der Waals surface area (Å²) in [6.45, 7) is 0. The first-order valence-corrected chi connectivity index (χ1v) is 8.67. The molecule has 0 aliphatic rings. The molecule has 0 saturated carbocycles. The van der Waals surface area contributed by atoms with E-state index >= 15 is 0 Å². The zero-order valence-electron chi connectivity index (χ0n) is 15.0. The average Bonchev–Trinajstić information content (AvgIpc) is 2.70. The van der Waals surface area contributed by atoms with Gasteiger partial charge in [-0.05, 0) is 42.3 Å². The predicted molar refractivity (Wildman–Crippen MR) is 106 cm³/mol. The van der Waals surface area contributed by atoms with Crippen molar-refractivity contribution in [2.75, 3.05) is 16.4 Å². The van der Waals surface area contributed by atoms with Crippen molar-refractivity contribution >= 4 is 28.9 Å². The van der Waals surface area contributed by atoms with Crippen LogP contribution in [0.25, 0.3) is 0 Å². The molecule has 28 heavy (non-hydrogen) atoms. The minimum atomic E-state index is -0.486. The molecule has 3 rings (SSSR count). The molecule has 6 nitrogen and oxygen atoms in total. The number of nitrogens with one attached hydrogen (secondary N) is 2. The summed E-state index contributed by atoms with van der Waals surface area (Å²) in [6, 6.07) is 16.5. The lowest BCUT2D eigenvalue weighted by atomic mass is 10.1. The summed E-state index contributed by atoms with van der Waals surface area (Å²) in [5.74, 6) is -1.11. The maximum absolute atomic E-state index is 13.1. The van der Waals surface area contributed by atoms with Gasteiger partial charge in [0.25, 0.3) is 5.91 Å². The Labute approximate surface area is 161 Å². The van der Waals surface area contributed by atoms with Crippen LogP contribution in [0.5, 0.6) is 0 Å². The number of nitrogens with two attached hydrogens (primary N) is 1. The first-order valence-electron chi connectivity index (χ1n) is 8.67. The zero-order chi connectivity index (χ0) is 19.9. The number of rotatable bonds is 6. The van der Waals surface area contributed by atoms with Crippen LogP contribution in [-0.2, 0) is 11.2 Å². The number of halogens is 1. The number of hydrogen-bond donors (Lipinski definition) is 3. The second-order valence-corrected chi connectivity index (χ2v) is 6.15. The van der Waals surface area contributed by atoms with Crippen LogP contribution in [0, 0.1) is 5.82 Å². The quantitative estimate of drug-likeness (QED) is 0.571. The number of carbonyl (C=O) groups is 2. The van der Waals surface area contributed by atoms with E-state index in [2.05, 4.69) is 15.6 Å². The Balaban J connectivity index is 1.55. The first-order chi connectivity index (χ1) is 13.5. The molecule has 4 N–H and O–H groups in total. The number of aryl methyl sites for hydroxylation is 1. The summed E-state index contributed by atoms with van der Waals surface area (Å²) in [5, 5.41) is 5.32. The third-order valence-corrected chi connectivity index (χ3v) is 4.03. The average molecular weight is 378 g/mol. The van der Waals surface area contributed by atoms with Gasteiger partial charge in [0.1, 0.15) is 11.5 Å². The number of anilines is 3. The van der Waals surface area contributed by atoms with Gasteiger partial charge < -0.3 is 16.4 Å². The topological polar surface area (TPSA) is 97.1 Å². The SMILES string of the molecule is Nc1cc(F)ccc1NC(=O)c1ccc(NC(=O)CCc2ccccc2)cn1. The van der Waals surface area contributed by atoms with Crippen molar-refractivity contribution in [1.29, 1.82) is 0 Å². The summed E-state index contributed by atoms with van der Waals surface area (Å²) in [5.41, 5.74) is 7.82. The summed E-state index contributed by atoms with van der Waals surface area (Å²) in [7, 11) is 0. The van der Waals surface area contributed by atoms with Crippen LogP contribution in [0.2, 0.25) is 0 Å². The van der Waals surface area contributed by atoms with E-state index < -0.39 is 11.7 Å². The number of amides is 2. The van der Waals surface area contributed by atoms with Gasteiger partial charge in [-0.15, -0.1) is 0 Å². The summed E-state index contributed by atoms with van der Waals surface area (Å²) >= 11 is 0. The highest BCUT2D eigenvalue weighted by molar-refractivity contribution is 6.04. The molecule has 0 aliphatic carbocycles. The molecule has 0 atom stereocenters. The number of aromatic nitrogens is 1. The van der Waals surface area contributed by atoms with Gasteiger partial charge in [-0.1, -0.05) is 30.3 Å². The Bertz CT molecular complexity index is 975. The molecule has 2 aromatic carbocycles. The van der Waals surface area contributed by atoms with E-state index in [0.29, 0.717) is 24.2 Å². The van der Waals surface area contributed by atoms with Gasteiger partial charge in [0.2, 0.25) is 5.91 Å². The number of nitrogens with zero attached hydrogens (tertiary/aromatic N) is 1. The molecule has 0 bridgehead atoms. The smallest absolute Gasteiger partial charge is 0.274 e. The Kier molecular flexibility index (Phi) is 5.96. The van der Waals surface area contributed by atoms with Crippen molar-refractivity contribution in [2.24, 2.45) is 0 Å². The van der Waals surface area contributed by atoms with Crippen molar-refractivity contribution in [3.8, 4) is 0 Å². The zero-order valence-corrected chi connectivity index (χ0v) is 15.0. The van der Waals surface area contributed by atoms with E-state index in [1.54, 1.807) is 6.07 Å². The van der Waals surface area contributed by atoms with Crippen molar-refractivity contribution in [1.82, 2.24) is 4.98 Å². The van der Waals surface area contributed by atoms with Gasteiger partial charge in [0, 0.05) is 6.42 Å². The minimum Gasteiger partial charge on any atom is -0.397 e. The minimum absolute atomic E-state index is 0.121. The molecule has 0 fully saturated rings. The Morgan fingerprint density at radius 3 is 2.46 bits per heavy atom. The number of benzene rings is 2. The van der Waals surface area contributed by atoms with Gasteiger partial charge >= 0.3 is 0 Å². The molecule has 2 amide bonds. The molecule has 0 unspecified atom stereocenters. The molecule has 3 aromatic rings. The molecule has 7 heteroatoms. The fourth-order valence-electron chi connectivity index (χ4n) is 2.56. The van der Waals surface area contributed by atoms with Gasteiger partial charge in [-0.2, -0.15) is 0 Å². The van der Waals surface area contributed by atoms with E-state index in [4.69, 9.17) is 5.73 Å². The molecule has 0 saturated heterocycles. The van der Waals surface area contributed by atoms with Crippen molar-refractivity contribution in [3.63, 3.8) is 0 Å². The monoisotopic (exact) mass is 378 g/mol. The number of carbonyl (C=O) groups excluding carboxylic acids is 2. The van der Waals surface area contributed by atoms with Crippen molar-refractivity contribution < 1.29 is 14.0 Å². The lowest BCUT2D eigenvalue weighted by Gasteiger charge is -2.09. The molecule has 0 spiro atoms. The Hall–Kier alpha value is -3.74. The van der Waals surface area contributed by atoms with Crippen LogP contribution in [-0.4, -0.2) is 16.8 Å². The molecule has 1 heterocycles. The standard InChI is InChI=1S/C21H19FN4O2/c22-15-7-9-18(17(23)12-15)26-21(28)19-10-8-16(13-24-19)25-20(27)11-6-14-4-2-1-3-5-14/h1-5,7-10,12-13H,6,11,23H2,(H,25,27)(H,26,28). The molecule has 142 valence electrons. The maximum atomic E-state index is 13.1. The van der Waals surface area contributed by atoms with Crippen LogP contribution < -0.4 is 16.4 Å². The van der Waals surface area contributed by atoms with Crippen LogP contribution in [0.1, 0.15) is 22.5 Å². The lowest BCUT2D eigenvalue weighted by Crippen LogP contribution is -2.16. The molecule has 1 aromatic heterocycles. The van der Waals surface area contributed by atoms with E-state index in [0.717, 1.165) is 11.6 Å². The Morgan fingerprint density at radius 1 is 1.00 bits per heavy atom. The van der Waals surface area contributed by atoms with E-state index in [-0.39, 0.29) is 17.3 Å². The van der Waals surface area contributed by atoms with Gasteiger partial charge in [0.15, 0.2) is 0 Å². The third kappa shape index (κ3) is 5.14. The molecule has 0 aliphatic heterocycles. The van der Waals surface area contributed by atoms with Crippen LogP contribution in [0.4, 0.5) is 21.5 Å². The van der Waals surface area contributed by atoms with Crippen molar-refractivity contribution in [2.45, 2.75) is 12.8 Å². The summed E-state index contributed by atoms with van der Waals surface area (Å²) < 4.78 is 13.1. The second kappa shape index (κ2) is 8.77. The highest BCUT2D eigenvalue weighted by Gasteiger charge is 2.11. The molecular weight excluding hydrogens is 359 g/mol. The third-order valence-electron chi connectivity index (χ3n) is 4.03. The molecule has 0 radical (unpaired) electrons. The summed E-state index contributed by atoms with van der Waals surface area (Å²) in [4.78, 5) is 28.3. The normalized spacial score (nSPS) is 10.3. The van der Waals surface area contributed by atoms with Crippen LogP contribution in [0.3, 0.4) is 0 Å². The van der Waals surface area contributed by atoms with Crippen molar-refractivity contribution in [3.05, 3.63) is 83.9 Å².